The molecule has 3 aromatic rings. The summed E-state index contributed by atoms with van der Waals surface area (Å²) >= 11 is 0. The normalized spacial score (nSPS) is 14.0. The smallest absolute Gasteiger partial charge is 0.257 e. The first kappa shape index (κ1) is 23.3. The average Bonchev–Trinajstić information content (AvgIpc) is 3.33. The minimum atomic E-state index is -0.803. The van der Waals surface area contributed by atoms with Crippen LogP contribution in [-0.4, -0.2) is 34.2 Å². The molecule has 0 spiro atoms. The van der Waals surface area contributed by atoms with Gasteiger partial charge in [0, 0.05) is 25.0 Å². The number of aryl methyl sites for hydroxylation is 1. The van der Waals surface area contributed by atoms with E-state index in [0.29, 0.717) is 41.1 Å². The van der Waals surface area contributed by atoms with Gasteiger partial charge >= 0.3 is 0 Å². The number of pyridine rings is 2. The van der Waals surface area contributed by atoms with Crippen molar-refractivity contribution in [1.29, 1.82) is 0 Å². The Kier molecular flexibility index (Phi) is 6.81. The van der Waals surface area contributed by atoms with Crippen molar-refractivity contribution >= 4 is 22.7 Å². The van der Waals surface area contributed by atoms with Crippen LogP contribution in [0.2, 0.25) is 0 Å². The molecule has 2 atom stereocenters. The second-order valence-corrected chi connectivity index (χ2v) is 8.26. The molecule has 0 radical (unpaired) electrons. The van der Waals surface area contributed by atoms with Crippen LogP contribution < -0.4 is 25.5 Å². The number of benzene rings is 1. The summed E-state index contributed by atoms with van der Waals surface area (Å²) < 4.78 is 12.7. The molecule has 3 heterocycles. The highest BCUT2D eigenvalue weighted by Crippen LogP contribution is 2.35. The van der Waals surface area contributed by atoms with Gasteiger partial charge in [0.2, 0.25) is 18.1 Å². The number of nitrogens with zero attached hydrogens (tertiary/aromatic N) is 2. The molecule has 0 bridgehead atoms. The number of fused-ring (bicyclic) bond motifs is 2. The quantitative estimate of drug-likeness (QED) is 0.530. The molecule has 0 aliphatic carbocycles. The molecule has 0 fully saturated rings. The molecule has 0 unspecified atom stereocenters. The van der Waals surface area contributed by atoms with E-state index in [4.69, 9.17) is 9.47 Å². The second kappa shape index (κ2) is 9.94. The number of nitrogens with one attached hydrogen (secondary N) is 2. The lowest BCUT2D eigenvalue weighted by molar-refractivity contribution is -0.124. The van der Waals surface area contributed by atoms with Crippen LogP contribution in [0.4, 0.5) is 0 Å². The third kappa shape index (κ3) is 4.59. The molecule has 0 saturated heterocycles. The Labute approximate surface area is 197 Å². The number of rotatable bonds is 8. The Morgan fingerprint density at radius 3 is 2.62 bits per heavy atom. The van der Waals surface area contributed by atoms with Crippen LogP contribution in [0.3, 0.4) is 0 Å². The van der Waals surface area contributed by atoms with Crippen LogP contribution in [0.25, 0.3) is 10.9 Å². The van der Waals surface area contributed by atoms with E-state index in [0.717, 1.165) is 0 Å². The van der Waals surface area contributed by atoms with E-state index >= 15 is 0 Å². The molecular weight excluding hydrogens is 436 g/mol. The molecule has 1 aliphatic rings. The monoisotopic (exact) mass is 464 g/mol. The molecule has 1 aliphatic heterocycles. The van der Waals surface area contributed by atoms with Gasteiger partial charge < -0.3 is 24.7 Å². The van der Waals surface area contributed by atoms with Gasteiger partial charge in [0.25, 0.3) is 5.91 Å². The molecule has 178 valence electrons. The number of carbonyl (C=O) groups is 2. The summed E-state index contributed by atoms with van der Waals surface area (Å²) in [5.41, 5.74) is 0.912. The summed E-state index contributed by atoms with van der Waals surface area (Å²) in [6, 6.07) is 8.00. The first-order valence-electron chi connectivity index (χ1n) is 11.4. The van der Waals surface area contributed by atoms with Crippen LogP contribution in [-0.2, 0) is 17.9 Å². The van der Waals surface area contributed by atoms with Crippen molar-refractivity contribution in [2.45, 2.75) is 46.3 Å². The first-order chi connectivity index (χ1) is 16.4. The predicted molar refractivity (Wildman–Crippen MR) is 127 cm³/mol. The van der Waals surface area contributed by atoms with Gasteiger partial charge in [0.05, 0.1) is 23.1 Å². The van der Waals surface area contributed by atoms with Gasteiger partial charge in [-0.2, -0.15) is 0 Å². The van der Waals surface area contributed by atoms with Crippen molar-refractivity contribution < 1.29 is 19.1 Å². The highest BCUT2D eigenvalue weighted by molar-refractivity contribution is 6.00. The first-order valence-corrected chi connectivity index (χ1v) is 11.4. The van der Waals surface area contributed by atoms with Gasteiger partial charge in [-0.3, -0.25) is 19.4 Å². The van der Waals surface area contributed by atoms with Gasteiger partial charge in [0.1, 0.15) is 11.6 Å². The Balaban J connectivity index is 1.61. The van der Waals surface area contributed by atoms with Crippen molar-refractivity contribution in [2.75, 3.05) is 6.79 Å². The zero-order valence-corrected chi connectivity index (χ0v) is 19.5. The fraction of sp³-hybridized carbons (Fsp3) is 0.360. The van der Waals surface area contributed by atoms with Crippen molar-refractivity contribution in [1.82, 2.24) is 20.2 Å². The number of carbonyl (C=O) groups excluding carboxylic acids is 2. The summed E-state index contributed by atoms with van der Waals surface area (Å²) in [6.45, 7) is 6.62. The van der Waals surface area contributed by atoms with E-state index in [1.54, 1.807) is 24.4 Å². The average molecular weight is 465 g/mol. The van der Waals surface area contributed by atoms with Gasteiger partial charge in [-0.1, -0.05) is 26.3 Å². The van der Waals surface area contributed by atoms with Crippen LogP contribution >= 0.6 is 0 Å². The van der Waals surface area contributed by atoms with Gasteiger partial charge in [-0.25, -0.2) is 0 Å². The third-order valence-electron chi connectivity index (χ3n) is 6.11. The molecule has 2 N–H and O–H groups in total. The summed E-state index contributed by atoms with van der Waals surface area (Å²) in [5.74, 6) is -0.0300. The van der Waals surface area contributed by atoms with Crippen molar-refractivity contribution in [3.8, 4) is 11.5 Å². The molecule has 9 heteroatoms. The Bertz CT molecular complexity index is 1270. The maximum absolute atomic E-state index is 13.3. The Hall–Kier alpha value is -3.88. The maximum atomic E-state index is 13.3. The predicted octanol–water partition coefficient (Wildman–Crippen LogP) is 2.61. The lowest BCUT2D eigenvalue weighted by atomic mass is 9.97. The summed E-state index contributed by atoms with van der Waals surface area (Å²) in [4.78, 5) is 43.7. The maximum Gasteiger partial charge on any atom is 0.257 e. The van der Waals surface area contributed by atoms with Crippen LogP contribution in [0.1, 0.15) is 43.2 Å². The van der Waals surface area contributed by atoms with E-state index < -0.39 is 17.4 Å². The molecule has 34 heavy (non-hydrogen) atoms. The number of hydrogen-bond acceptors (Lipinski definition) is 6. The molecule has 1 aromatic carbocycles. The molecule has 4 rings (SSSR count). The zero-order chi connectivity index (χ0) is 24.2. The van der Waals surface area contributed by atoms with Crippen LogP contribution in [0.15, 0.2) is 47.5 Å². The van der Waals surface area contributed by atoms with Gasteiger partial charge in [-0.05, 0) is 31.0 Å². The van der Waals surface area contributed by atoms with Crippen molar-refractivity contribution in [2.24, 2.45) is 5.92 Å². The lowest BCUT2D eigenvalue weighted by Gasteiger charge is -2.23. The van der Waals surface area contributed by atoms with Gasteiger partial charge in [-0.15, -0.1) is 0 Å². The topological polar surface area (TPSA) is 112 Å². The van der Waals surface area contributed by atoms with Crippen LogP contribution in [0, 0.1) is 5.92 Å². The zero-order valence-electron chi connectivity index (χ0n) is 19.5. The Morgan fingerprint density at radius 1 is 1.18 bits per heavy atom. The summed E-state index contributed by atoms with van der Waals surface area (Å²) in [7, 11) is 0. The van der Waals surface area contributed by atoms with E-state index in [9.17, 15) is 14.4 Å². The number of hydrogen-bond donors (Lipinski definition) is 2. The second-order valence-electron chi connectivity index (χ2n) is 8.26. The SMILES string of the molecule is CC[C@H](C)[C@H](NC(=O)c1cn(CC)c2cc3c(cc2c1=O)OCO3)C(=O)NCc1ccccn1. The number of aromatic nitrogens is 2. The summed E-state index contributed by atoms with van der Waals surface area (Å²) in [6.07, 6.45) is 3.85. The van der Waals surface area contributed by atoms with Crippen LogP contribution in [0.5, 0.6) is 11.5 Å². The fourth-order valence-corrected chi connectivity index (χ4v) is 3.91. The minimum Gasteiger partial charge on any atom is -0.454 e. The highest BCUT2D eigenvalue weighted by atomic mass is 16.7. The van der Waals surface area contributed by atoms with E-state index in [-0.39, 0.29) is 30.7 Å². The number of ether oxygens (including phenoxy) is 2. The van der Waals surface area contributed by atoms with Crippen molar-refractivity contribution in [3.63, 3.8) is 0 Å². The lowest BCUT2D eigenvalue weighted by Crippen LogP contribution is -2.50. The largest absolute Gasteiger partial charge is 0.454 e. The molecule has 2 aromatic heterocycles. The highest BCUT2D eigenvalue weighted by Gasteiger charge is 2.28. The molecule has 2 amide bonds. The van der Waals surface area contributed by atoms with Gasteiger partial charge in [0.15, 0.2) is 11.5 Å². The third-order valence-corrected chi connectivity index (χ3v) is 6.11. The Morgan fingerprint density at radius 2 is 1.94 bits per heavy atom. The van der Waals surface area contributed by atoms with Crippen molar-refractivity contribution in [3.05, 3.63) is 64.2 Å². The standard InChI is InChI=1S/C25H28N4O5/c1-4-15(3)22(25(32)27-12-16-8-6-7-9-26-16)28-24(31)18-13-29(5-2)19-11-21-20(33-14-34-21)10-17(19)23(18)30/h6-11,13,15,22H,4-5,12,14H2,1-3H3,(H,27,32)(H,28,31)/t15-,22-/m0/s1. The number of amides is 2. The van der Waals surface area contributed by atoms with E-state index in [2.05, 4.69) is 15.6 Å². The minimum absolute atomic E-state index is 0.0287. The van der Waals surface area contributed by atoms with E-state index in [1.165, 1.54) is 6.20 Å². The summed E-state index contributed by atoms with van der Waals surface area (Å²) in [5, 5.41) is 5.98. The van der Waals surface area contributed by atoms with E-state index in [1.807, 2.05) is 37.5 Å². The molecular formula is C25H28N4O5. The fourth-order valence-electron chi connectivity index (χ4n) is 3.91. The molecule has 9 nitrogen and oxygen atoms in total. The molecule has 0 saturated carbocycles.